The second-order valence-electron chi connectivity index (χ2n) is 8.72. The standard InChI is InChI=1S/C27H25F4N5O3/c1-39-20-12-11-18(28)13-19(20)26(38)34-14-15-7-9-16(10-8-15)22-21(25(33)37)24(32)36(35-22)23(27(29,30)31)17-5-3-2-4-6-17/h2-13,22-23,35H,14,32H2,1H3,(H2,33,37)(H,34,38). The predicted molar refractivity (Wildman–Crippen MR) is 134 cm³/mol. The molecular formula is C27H25F4N5O3. The highest BCUT2D eigenvalue weighted by atomic mass is 19.4. The minimum atomic E-state index is -4.73. The van der Waals surface area contributed by atoms with Crippen LogP contribution in [0.3, 0.4) is 0 Å². The minimum Gasteiger partial charge on any atom is -0.496 e. The second-order valence-corrected chi connectivity index (χ2v) is 8.72. The van der Waals surface area contributed by atoms with Crippen LogP contribution in [0, 0.1) is 5.82 Å². The summed E-state index contributed by atoms with van der Waals surface area (Å²) in [6.45, 7) is 0.0633. The molecule has 204 valence electrons. The molecule has 0 radical (unpaired) electrons. The van der Waals surface area contributed by atoms with E-state index in [1.165, 1.54) is 43.5 Å². The fourth-order valence-electron chi connectivity index (χ4n) is 4.36. The summed E-state index contributed by atoms with van der Waals surface area (Å²) in [6, 6.07) is 13.9. The lowest BCUT2D eigenvalue weighted by Crippen LogP contribution is -2.45. The third-order valence-electron chi connectivity index (χ3n) is 6.21. The first-order valence-electron chi connectivity index (χ1n) is 11.7. The number of ether oxygens (including phenoxy) is 1. The van der Waals surface area contributed by atoms with Crippen LogP contribution >= 0.6 is 0 Å². The van der Waals surface area contributed by atoms with Crippen LogP contribution in [0.4, 0.5) is 17.6 Å². The highest BCUT2D eigenvalue weighted by molar-refractivity contribution is 5.97. The molecule has 3 aromatic carbocycles. The Balaban J connectivity index is 1.54. The second kappa shape index (κ2) is 11.0. The van der Waals surface area contributed by atoms with Crippen LogP contribution in [-0.2, 0) is 11.3 Å². The van der Waals surface area contributed by atoms with Crippen molar-refractivity contribution in [3.63, 3.8) is 0 Å². The van der Waals surface area contributed by atoms with E-state index in [-0.39, 0.29) is 29.0 Å². The number of nitrogens with one attached hydrogen (secondary N) is 2. The van der Waals surface area contributed by atoms with E-state index in [9.17, 15) is 27.2 Å². The van der Waals surface area contributed by atoms with Gasteiger partial charge in [-0.3, -0.25) is 14.6 Å². The topological polar surface area (TPSA) is 123 Å². The number of halogens is 4. The van der Waals surface area contributed by atoms with Crippen molar-refractivity contribution in [1.29, 1.82) is 0 Å². The molecule has 0 aliphatic carbocycles. The molecule has 8 nitrogen and oxygen atoms in total. The van der Waals surface area contributed by atoms with Gasteiger partial charge in [-0.25, -0.2) is 9.82 Å². The van der Waals surface area contributed by atoms with E-state index in [2.05, 4.69) is 10.7 Å². The maximum Gasteiger partial charge on any atom is 0.414 e. The Bertz CT molecular complexity index is 1390. The number of hydrazine groups is 1. The van der Waals surface area contributed by atoms with E-state index < -0.39 is 41.7 Å². The Hall–Kier alpha value is -4.58. The highest BCUT2D eigenvalue weighted by Gasteiger charge is 2.49. The maximum absolute atomic E-state index is 14.1. The van der Waals surface area contributed by atoms with Gasteiger partial charge in [0, 0.05) is 6.54 Å². The molecule has 6 N–H and O–H groups in total. The SMILES string of the molecule is COc1ccc(F)cc1C(=O)NCc1ccc(C2NN(C(c3ccccc3)C(F)(F)F)C(N)=C2C(N)=O)cc1. The molecule has 4 rings (SSSR count). The summed E-state index contributed by atoms with van der Waals surface area (Å²) in [6.07, 6.45) is -4.73. The lowest BCUT2D eigenvalue weighted by Gasteiger charge is -2.33. The lowest BCUT2D eigenvalue weighted by molar-refractivity contribution is -0.188. The van der Waals surface area contributed by atoms with Gasteiger partial charge < -0.3 is 21.5 Å². The third kappa shape index (κ3) is 5.80. The molecule has 2 amide bonds. The van der Waals surface area contributed by atoms with E-state index in [1.54, 1.807) is 30.3 Å². The Morgan fingerprint density at radius 1 is 1.08 bits per heavy atom. The van der Waals surface area contributed by atoms with Crippen LogP contribution in [0.15, 0.2) is 84.2 Å². The zero-order valence-corrected chi connectivity index (χ0v) is 20.6. The molecule has 0 fully saturated rings. The van der Waals surface area contributed by atoms with Crippen molar-refractivity contribution < 1.29 is 31.9 Å². The smallest absolute Gasteiger partial charge is 0.414 e. The number of hydrogen-bond donors (Lipinski definition) is 4. The van der Waals surface area contributed by atoms with E-state index in [0.29, 0.717) is 16.1 Å². The Morgan fingerprint density at radius 2 is 1.74 bits per heavy atom. The zero-order chi connectivity index (χ0) is 28.3. The number of amides is 2. The summed E-state index contributed by atoms with van der Waals surface area (Å²) >= 11 is 0. The molecule has 12 heteroatoms. The number of methoxy groups -OCH3 is 1. The van der Waals surface area contributed by atoms with Crippen molar-refractivity contribution >= 4 is 11.8 Å². The number of rotatable bonds is 8. The van der Waals surface area contributed by atoms with Crippen LogP contribution in [0.1, 0.15) is 39.1 Å². The lowest BCUT2D eigenvalue weighted by atomic mass is 9.98. The van der Waals surface area contributed by atoms with Crippen molar-refractivity contribution in [2.75, 3.05) is 7.11 Å². The molecular weight excluding hydrogens is 518 g/mol. The molecule has 1 heterocycles. The molecule has 0 saturated carbocycles. The van der Waals surface area contributed by atoms with Crippen molar-refractivity contribution in [2.24, 2.45) is 11.5 Å². The minimum absolute atomic E-state index is 0.0220. The third-order valence-corrected chi connectivity index (χ3v) is 6.21. The molecule has 39 heavy (non-hydrogen) atoms. The van der Waals surface area contributed by atoms with Gasteiger partial charge in [0.1, 0.15) is 17.4 Å². The van der Waals surface area contributed by atoms with Gasteiger partial charge in [0.15, 0.2) is 6.04 Å². The van der Waals surface area contributed by atoms with Gasteiger partial charge in [0.25, 0.3) is 5.91 Å². The largest absolute Gasteiger partial charge is 0.496 e. The average Bonchev–Trinajstić information content (AvgIpc) is 3.24. The van der Waals surface area contributed by atoms with E-state index in [1.807, 2.05) is 0 Å². The monoisotopic (exact) mass is 543 g/mol. The van der Waals surface area contributed by atoms with Gasteiger partial charge >= 0.3 is 6.18 Å². The number of nitrogens with zero attached hydrogens (tertiary/aromatic N) is 1. The molecule has 0 spiro atoms. The summed E-state index contributed by atoms with van der Waals surface area (Å²) in [5.74, 6) is -2.35. The summed E-state index contributed by atoms with van der Waals surface area (Å²) in [5, 5.41) is 3.37. The van der Waals surface area contributed by atoms with Crippen LogP contribution in [0.5, 0.6) is 5.75 Å². The zero-order valence-electron chi connectivity index (χ0n) is 20.6. The van der Waals surface area contributed by atoms with Crippen LogP contribution in [-0.4, -0.2) is 30.1 Å². The van der Waals surface area contributed by atoms with Gasteiger partial charge in [-0.2, -0.15) is 13.2 Å². The normalized spacial score (nSPS) is 16.2. The van der Waals surface area contributed by atoms with Gasteiger partial charge in [0.05, 0.1) is 24.3 Å². The Kier molecular flexibility index (Phi) is 7.77. The van der Waals surface area contributed by atoms with E-state index in [0.717, 1.165) is 6.07 Å². The number of carbonyl (C=O) groups is 2. The summed E-state index contributed by atoms with van der Waals surface area (Å²) < 4.78 is 61.1. The molecule has 3 aromatic rings. The highest BCUT2D eigenvalue weighted by Crippen LogP contribution is 2.42. The van der Waals surface area contributed by atoms with Crippen molar-refractivity contribution in [3.05, 3.63) is 112 Å². The summed E-state index contributed by atoms with van der Waals surface area (Å²) in [4.78, 5) is 24.8. The fraction of sp³-hybridized carbons (Fsp3) is 0.185. The average molecular weight is 544 g/mol. The maximum atomic E-state index is 14.1. The molecule has 2 atom stereocenters. The number of alkyl halides is 3. The fourth-order valence-corrected chi connectivity index (χ4v) is 4.36. The Morgan fingerprint density at radius 3 is 2.33 bits per heavy atom. The summed E-state index contributed by atoms with van der Waals surface area (Å²) in [7, 11) is 1.36. The Labute approximate surface area is 221 Å². The predicted octanol–water partition coefficient (Wildman–Crippen LogP) is 3.58. The van der Waals surface area contributed by atoms with E-state index in [4.69, 9.17) is 16.2 Å². The van der Waals surface area contributed by atoms with Crippen molar-refractivity contribution in [1.82, 2.24) is 15.8 Å². The van der Waals surface area contributed by atoms with Gasteiger partial charge in [0.2, 0.25) is 5.91 Å². The first kappa shape index (κ1) is 27.5. The number of carbonyl (C=O) groups excluding carboxylic acids is 2. The number of hydrogen-bond acceptors (Lipinski definition) is 6. The van der Waals surface area contributed by atoms with Crippen LogP contribution in [0.25, 0.3) is 0 Å². The summed E-state index contributed by atoms with van der Waals surface area (Å²) in [5.41, 5.74) is 15.0. The molecule has 0 aromatic heterocycles. The molecule has 0 bridgehead atoms. The van der Waals surface area contributed by atoms with Crippen LogP contribution < -0.4 is 26.9 Å². The van der Waals surface area contributed by atoms with Gasteiger partial charge in [-0.1, -0.05) is 54.6 Å². The number of primary amides is 1. The van der Waals surface area contributed by atoms with E-state index >= 15 is 0 Å². The van der Waals surface area contributed by atoms with Gasteiger partial charge in [-0.05, 0) is 34.9 Å². The first-order valence-corrected chi connectivity index (χ1v) is 11.7. The number of nitrogens with two attached hydrogens (primary N) is 2. The molecule has 2 unspecified atom stereocenters. The van der Waals surface area contributed by atoms with Gasteiger partial charge in [-0.15, -0.1) is 0 Å². The van der Waals surface area contributed by atoms with Crippen molar-refractivity contribution in [3.8, 4) is 5.75 Å². The van der Waals surface area contributed by atoms with Crippen LogP contribution in [0.2, 0.25) is 0 Å². The quantitative estimate of drug-likeness (QED) is 0.322. The molecule has 0 saturated heterocycles. The first-order chi connectivity index (χ1) is 18.5. The van der Waals surface area contributed by atoms with Crippen molar-refractivity contribution in [2.45, 2.75) is 24.8 Å². The number of benzene rings is 3. The molecule has 1 aliphatic heterocycles. The molecule has 1 aliphatic rings.